The summed E-state index contributed by atoms with van der Waals surface area (Å²) in [4.78, 5) is 8.75. The largest absolute Gasteiger partial charge is 0.395 e. The van der Waals surface area contributed by atoms with Gasteiger partial charge in [-0.1, -0.05) is 0 Å². The molecule has 18 heavy (non-hydrogen) atoms. The highest BCUT2D eigenvalue weighted by molar-refractivity contribution is 7.99. The molecule has 1 aromatic rings. The molecule has 0 amide bonds. The molecule has 2 unspecified atom stereocenters. The van der Waals surface area contributed by atoms with Crippen molar-refractivity contribution in [2.75, 3.05) is 30.5 Å². The first-order valence-corrected chi connectivity index (χ1v) is 7.25. The first kappa shape index (κ1) is 15.0. The molecule has 0 spiro atoms. The summed E-state index contributed by atoms with van der Waals surface area (Å²) in [6, 6.07) is 0.141. The van der Waals surface area contributed by atoms with Crippen LogP contribution in [-0.2, 0) is 0 Å². The Hall–Kier alpha value is -1.01. The molecular formula is C12H22N4OS. The van der Waals surface area contributed by atoms with Crippen LogP contribution in [0.3, 0.4) is 0 Å². The summed E-state index contributed by atoms with van der Waals surface area (Å²) in [7, 11) is 1.85. The van der Waals surface area contributed by atoms with Gasteiger partial charge in [0.1, 0.15) is 17.5 Å². The van der Waals surface area contributed by atoms with Crippen molar-refractivity contribution < 1.29 is 5.11 Å². The number of aliphatic hydroxyl groups excluding tert-OH is 1. The molecule has 3 N–H and O–H groups in total. The van der Waals surface area contributed by atoms with Gasteiger partial charge in [-0.25, -0.2) is 9.97 Å². The molecule has 0 radical (unpaired) electrons. The lowest BCUT2D eigenvalue weighted by atomic mass is 10.2. The average Bonchev–Trinajstić information content (AvgIpc) is 2.34. The van der Waals surface area contributed by atoms with Crippen LogP contribution < -0.4 is 10.6 Å². The van der Waals surface area contributed by atoms with Gasteiger partial charge in [0.25, 0.3) is 0 Å². The number of aliphatic hydroxyl groups is 1. The number of hydrogen-bond donors (Lipinski definition) is 3. The Morgan fingerprint density at radius 3 is 2.39 bits per heavy atom. The van der Waals surface area contributed by atoms with Crippen molar-refractivity contribution in [3.63, 3.8) is 0 Å². The van der Waals surface area contributed by atoms with Crippen molar-refractivity contribution in [2.24, 2.45) is 0 Å². The highest BCUT2D eigenvalue weighted by atomic mass is 32.2. The highest BCUT2D eigenvalue weighted by Crippen LogP contribution is 2.22. The third-order valence-electron chi connectivity index (χ3n) is 2.90. The monoisotopic (exact) mass is 270 g/mol. The fourth-order valence-electron chi connectivity index (χ4n) is 1.76. The number of anilines is 2. The molecule has 0 saturated heterocycles. The van der Waals surface area contributed by atoms with Gasteiger partial charge in [0.05, 0.1) is 6.61 Å². The van der Waals surface area contributed by atoms with Crippen LogP contribution in [0.25, 0.3) is 0 Å². The van der Waals surface area contributed by atoms with Crippen LogP contribution in [0, 0.1) is 13.8 Å². The minimum absolute atomic E-state index is 0.141. The van der Waals surface area contributed by atoms with Gasteiger partial charge in [-0.15, -0.1) is 0 Å². The van der Waals surface area contributed by atoms with Gasteiger partial charge < -0.3 is 15.7 Å². The van der Waals surface area contributed by atoms with Crippen LogP contribution in [0.2, 0.25) is 0 Å². The minimum Gasteiger partial charge on any atom is -0.395 e. The topological polar surface area (TPSA) is 70.1 Å². The first-order valence-electron chi connectivity index (χ1n) is 5.96. The Morgan fingerprint density at radius 2 is 1.89 bits per heavy atom. The van der Waals surface area contributed by atoms with E-state index in [-0.39, 0.29) is 17.9 Å². The molecule has 0 aliphatic heterocycles. The summed E-state index contributed by atoms with van der Waals surface area (Å²) in [5, 5.41) is 15.9. The molecule has 0 aliphatic rings. The maximum Gasteiger partial charge on any atom is 0.135 e. The number of rotatable bonds is 6. The van der Waals surface area contributed by atoms with E-state index in [4.69, 9.17) is 0 Å². The molecule has 0 saturated carbocycles. The van der Waals surface area contributed by atoms with Crippen molar-refractivity contribution in [3.8, 4) is 0 Å². The molecule has 0 aromatic carbocycles. The van der Waals surface area contributed by atoms with Crippen LogP contribution in [0.15, 0.2) is 0 Å². The van der Waals surface area contributed by atoms with Crippen molar-refractivity contribution in [1.82, 2.24) is 9.97 Å². The lowest BCUT2D eigenvalue weighted by molar-refractivity contribution is 0.288. The fourth-order valence-corrected chi connectivity index (χ4v) is 2.38. The smallest absolute Gasteiger partial charge is 0.135 e. The summed E-state index contributed by atoms with van der Waals surface area (Å²) >= 11 is 1.65. The van der Waals surface area contributed by atoms with Crippen molar-refractivity contribution in [1.29, 1.82) is 0 Å². The zero-order chi connectivity index (χ0) is 13.7. The zero-order valence-corrected chi connectivity index (χ0v) is 12.4. The Balaban J connectivity index is 2.93. The van der Waals surface area contributed by atoms with Gasteiger partial charge in [-0.2, -0.15) is 11.8 Å². The summed E-state index contributed by atoms with van der Waals surface area (Å²) < 4.78 is 0. The quantitative estimate of drug-likeness (QED) is 0.730. The van der Waals surface area contributed by atoms with E-state index in [0.717, 1.165) is 23.0 Å². The van der Waals surface area contributed by atoms with Crippen LogP contribution in [-0.4, -0.2) is 46.3 Å². The van der Waals surface area contributed by atoms with Crippen LogP contribution >= 0.6 is 11.8 Å². The predicted octanol–water partition coefficient (Wildman–Crippen LogP) is 1.66. The van der Waals surface area contributed by atoms with Crippen molar-refractivity contribution in [3.05, 3.63) is 11.4 Å². The fraction of sp³-hybridized carbons (Fsp3) is 0.667. The summed E-state index contributed by atoms with van der Waals surface area (Å²) in [6.45, 7) is 6.05. The highest BCUT2D eigenvalue weighted by Gasteiger charge is 2.17. The van der Waals surface area contributed by atoms with E-state index in [0.29, 0.717) is 0 Å². The second-order valence-electron chi connectivity index (χ2n) is 4.23. The molecule has 0 aliphatic carbocycles. The summed E-state index contributed by atoms with van der Waals surface area (Å²) in [6.07, 6.45) is 2.00. The van der Waals surface area contributed by atoms with E-state index >= 15 is 0 Å². The molecule has 1 rings (SSSR count). The van der Waals surface area contributed by atoms with Gasteiger partial charge in [-0.05, 0) is 27.0 Å². The van der Waals surface area contributed by atoms with Gasteiger partial charge in [0, 0.05) is 23.9 Å². The van der Waals surface area contributed by atoms with Crippen LogP contribution in [0.1, 0.15) is 18.3 Å². The van der Waals surface area contributed by atoms with Gasteiger partial charge in [0.2, 0.25) is 0 Å². The molecule has 102 valence electrons. The Bertz CT molecular complexity index is 396. The average molecular weight is 270 g/mol. The van der Waals surface area contributed by atoms with E-state index in [2.05, 4.69) is 20.6 Å². The van der Waals surface area contributed by atoms with Crippen LogP contribution in [0.5, 0.6) is 0 Å². The summed E-state index contributed by atoms with van der Waals surface area (Å²) in [5.41, 5.74) is 0.993. The number of aryl methyl sites for hydroxylation is 1. The lowest BCUT2D eigenvalue weighted by Gasteiger charge is -2.23. The van der Waals surface area contributed by atoms with E-state index in [1.807, 2.05) is 34.1 Å². The molecule has 0 bridgehead atoms. The van der Waals surface area contributed by atoms with Gasteiger partial charge >= 0.3 is 0 Å². The summed E-state index contributed by atoms with van der Waals surface area (Å²) in [5.74, 6) is 2.39. The van der Waals surface area contributed by atoms with Gasteiger partial charge in [0.15, 0.2) is 0 Å². The maximum atomic E-state index is 9.29. The Labute approximate surface area is 113 Å². The predicted molar refractivity (Wildman–Crippen MR) is 78.5 cm³/mol. The molecule has 6 heteroatoms. The Morgan fingerprint density at radius 1 is 1.28 bits per heavy atom. The van der Waals surface area contributed by atoms with E-state index in [1.165, 1.54) is 0 Å². The van der Waals surface area contributed by atoms with Gasteiger partial charge in [-0.3, -0.25) is 0 Å². The zero-order valence-electron chi connectivity index (χ0n) is 11.6. The number of hydrogen-bond acceptors (Lipinski definition) is 6. The second-order valence-corrected chi connectivity index (χ2v) is 5.31. The van der Waals surface area contributed by atoms with E-state index < -0.39 is 0 Å². The van der Waals surface area contributed by atoms with E-state index in [9.17, 15) is 5.11 Å². The molecule has 1 heterocycles. The molecule has 1 aromatic heterocycles. The van der Waals surface area contributed by atoms with E-state index in [1.54, 1.807) is 11.8 Å². The number of nitrogens with zero attached hydrogens (tertiary/aromatic N) is 2. The maximum absolute atomic E-state index is 9.29. The number of nitrogens with one attached hydrogen (secondary N) is 2. The van der Waals surface area contributed by atoms with Crippen molar-refractivity contribution in [2.45, 2.75) is 32.1 Å². The minimum atomic E-state index is 0.141. The lowest BCUT2D eigenvalue weighted by Crippen LogP contribution is -2.31. The van der Waals surface area contributed by atoms with Crippen LogP contribution in [0.4, 0.5) is 11.6 Å². The van der Waals surface area contributed by atoms with Crippen molar-refractivity contribution >= 4 is 23.4 Å². The number of aromatic nitrogens is 2. The molecule has 5 nitrogen and oxygen atoms in total. The molecule has 2 atom stereocenters. The number of thioether (sulfide) groups is 1. The molecule has 0 fully saturated rings. The third kappa shape index (κ3) is 3.49. The first-order chi connectivity index (χ1) is 8.53. The third-order valence-corrected chi connectivity index (χ3v) is 4.06. The normalized spacial score (nSPS) is 14.1. The SMILES string of the molecule is CNc1nc(C)nc(NC(C)C(CO)SC)c1C. The Kier molecular flexibility index (Phi) is 5.68. The standard InChI is InChI=1S/C12H22N4OS/c1-7-11(13-4)15-9(3)16-12(7)14-8(2)10(6-17)18-5/h8,10,17H,6H2,1-5H3,(H2,13,14,15,16). The molecular weight excluding hydrogens is 248 g/mol. The second kappa shape index (κ2) is 6.80.